The van der Waals surface area contributed by atoms with Crippen molar-refractivity contribution in [1.29, 1.82) is 0 Å². The van der Waals surface area contributed by atoms with Gasteiger partial charge in [0.15, 0.2) is 6.61 Å². The van der Waals surface area contributed by atoms with Gasteiger partial charge in [-0.1, -0.05) is 23.4 Å². The lowest BCUT2D eigenvalue weighted by Gasteiger charge is -2.22. The van der Waals surface area contributed by atoms with Gasteiger partial charge in [0.2, 0.25) is 5.91 Å². The first-order chi connectivity index (χ1) is 21.3. The van der Waals surface area contributed by atoms with E-state index in [1.54, 1.807) is 34.6 Å². The van der Waals surface area contributed by atoms with Crippen LogP contribution in [0.4, 0.5) is 0 Å². The lowest BCUT2D eigenvalue weighted by atomic mass is 10.1. The summed E-state index contributed by atoms with van der Waals surface area (Å²) in [7, 11) is 0. The monoisotopic (exact) mass is 624 g/mol. The highest BCUT2D eigenvalue weighted by Crippen LogP contribution is 2.19. The summed E-state index contributed by atoms with van der Waals surface area (Å²) >= 11 is 1.62. The zero-order valence-electron chi connectivity index (χ0n) is 25.2. The van der Waals surface area contributed by atoms with Crippen LogP contribution in [0.2, 0.25) is 0 Å². The van der Waals surface area contributed by atoms with Gasteiger partial charge in [-0.25, -0.2) is 4.79 Å². The van der Waals surface area contributed by atoms with Crippen molar-refractivity contribution in [2.75, 3.05) is 38.3 Å². The molecule has 44 heavy (non-hydrogen) atoms. The molecule has 4 bridgehead atoms. The zero-order valence-corrected chi connectivity index (χ0v) is 26.0. The van der Waals surface area contributed by atoms with Crippen molar-refractivity contribution in [2.45, 2.75) is 51.9 Å². The summed E-state index contributed by atoms with van der Waals surface area (Å²) in [4.78, 5) is 39.5. The molecule has 0 aliphatic carbocycles. The van der Waals surface area contributed by atoms with Gasteiger partial charge in [-0.15, -0.1) is 5.10 Å². The molecule has 236 valence electrons. The molecule has 3 N–H and O–H groups in total. The second-order valence-corrected chi connectivity index (χ2v) is 11.6. The number of carbonyl (C=O) groups excluding carboxylic acids is 2. The summed E-state index contributed by atoms with van der Waals surface area (Å²) in [6.45, 7) is 4.82. The normalized spacial score (nSPS) is 17.2. The lowest BCUT2D eigenvalue weighted by Crippen LogP contribution is -2.47. The average Bonchev–Trinajstić information content (AvgIpc) is 3.46. The zero-order chi connectivity index (χ0) is 31.3. The number of hydrogen-bond donors (Lipinski definition) is 3. The molecule has 0 saturated carbocycles. The molecule has 0 saturated heterocycles. The van der Waals surface area contributed by atoms with Crippen LogP contribution in [0, 0.1) is 6.92 Å². The Hall–Kier alpha value is -4.10. The van der Waals surface area contributed by atoms with E-state index in [9.17, 15) is 14.4 Å². The number of hydrogen-bond acceptors (Lipinski definition) is 9. The standard InChI is InChI=1S/C31H40N6O6S/c1-22-5-8-26-17-27(22)30(40)33-28(11-16-44-2)31(41)32-12-3-13-36(19-24-20-37(35-34-24)14-4-15-42-26)18-23-6-9-25(10-7-23)43-21-29(38)39/h5-10,17,20,28H,3-4,11-16,18-19,21H2,1-2H3,(H,32,41)(H,33,40)(H,38,39)/t28-/m0/s1. The Bertz CT molecular complexity index is 1400. The third kappa shape index (κ3) is 10.3. The molecule has 1 aromatic heterocycles. The van der Waals surface area contributed by atoms with Gasteiger partial charge in [0.25, 0.3) is 5.91 Å². The number of nitrogens with one attached hydrogen (secondary N) is 2. The summed E-state index contributed by atoms with van der Waals surface area (Å²) in [5.74, 6) is 0.273. The van der Waals surface area contributed by atoms with Crippen molar-refractivity contribution in [1.82, 2.24) is 30.5 Å². The maximum Gasteiger partial charge on any atom is 0.341 e. The van der Waals surface area contributed by atoms with Crippen molar-refractivity contribution in [3.8, 4) is 11.5 Å². The van der Waals surface area contributed by atoms with E-state index >= 15 is 0 Å². The van der Waals surface area contributed by atoms with Gasteiger partial charge in [0, 0.05) is 50.9 Å². The van der Waals surface area contributed by atoms with Crippen LogP contribution < -0.4 is 20.1 Å². The first kappa shape index (κ1) is 32.8. The fourth-order valence-corrected chi connectivity index (χ4v) is 5.26. The van der Waals surface area contributed by atoms with E-state index in [4.69, 9.17) is 14.6 Å². The molecule has 0 spiro atoms. The molecule has 12 nitrogen and oxygen atoms in total. The number of carboxylic acids is 1. The number of ether oxygens (including phenoxy) is 2. The largest absolute Gasteiger partial charge is 0.494 e. The van der Waals surface area contributed by atoms with Crippen LogP contribution in [0.15, 0.2) is 48.7 Å². The van der Waals surface area contributed by atoms with E-state index in [-0.39, 0.29) is 11.8 Å². The Balaban J connectivity index is 1.48. The third-order valence-electron chi connectivity index (χ3n) is 7.10. The molecular formula is C31H40N6O6S. The van der Waals surface area contributed by atoms with E-state index in [1.165, 1.54) is 0 Å². The van der Waals surface area contributed by atoms with Gasteiger partial charge >= 0.3 is 5.97 Å². The number of rotatable bonds is 8. The number of nitrogens with zero attached hydrogens (tertiary/aromatic N) is 4. The molecule has 1 aliphatic rings. The molecular weight excluding hydrogens is 584 g/mol. The Morgan fingerprint density at radius 2 is 1.98 bits per heavy atom. The maximum absolute atomic E-state index is 13.3. The minimum absolute atomic E-state index is 0.210. The Kier molecular flexibility index (Phi) is 12.4. The maximum atomic E-state index is 13.3. The van der Waals surface area contributed by atoms with Crippen molar-refractivity contribution >= 4 is 29.5 Å². The number of carbonyl (C=O) groups is 3. The van der Waals surface area contributed by atoms with Crippen LogP contribution in [-0.4, -0.2) is 87.1 Å². The minimum atomic E-state index is -1.03. The predicted molar refractivity (Wildman–Crippen MR) is 167 cm³/mol. The van der Waals surface area contributed by atoms with E-state index < -0.39 is 18.6 Å². The van der Waals surface area contributed by atoms with E-state index in [1.807, 2.05) is 43.6 Å². The fraction of sp³-hybridized carbons (Fsp3) is 0.452. The second kappa shape index (κ2) is 16.7. The molecule has 3 aromatic rings. The Morgan fingerprint density at radius 1 is 1.16 bits per heavy atom. The molecule has 0 radical (unpaired) electrons. The number of aryl methyl sites for hydroxylation is 2. The van der Waals surface area contributed by atoms with Gasteiger partial charge in [0.1, 0.15) is 17.5 Å². The number of thioether (sulfide) groups is 1. The number of carboxylic acid groups (broad SMARTS) is 1. The highest BCUT2D eigenvalue weighted by Gasteiger charge is 2.22. The number of aromatic nitrogens is 3. The highest BCUT2D eigenvalue weighted by molar-refractivity contribution is 7.98. The van der Waals surface area contributed by atoms with Crippen LogP contribution in [0.3, 0.4) is 0 Å². The molecule has 1 aliphatic heterocycles. The quantitative estimate of drug-likeness (QED) is 0.342. The number of benzene rings is 2. The van der Waals surface area contributed by atoms with Crippen LogP contribution in [0.25, 0.3) is 0 Å². The van der Waals surface area contributed by atoms with E-state index in [0.717, 1.165) is 22.6 Å². The highest BCUT2D eigenvalue weighted by atomic mass is 32.2. The van der Waals surface area contributed by atoms with Crippen molar-refractivity contribution < 1.29 is 29.0 Å². The molecule has 13 heteroatoms. The number of fused-ring (bicyclic) bond motifs is 4. The Morgan fingerprint density at radius 3 is 2.75 bits per heavy atom. The van der Waals surface area contributed by atoms with E-state index in [0.29, 0.717) is 75.7 Å². The number of amides is 2. The summed E-state index contributed by atoms with van der Waals surface area (Å²) in [6.07, 6.45) is 5.80. The third-order valence-corrected chi connectivity index (χ3v) is 7.74. The summed E-state index contributed by atoms with van der Waals surface area (Å²) in [6, 6.07) is 12.1. The van der Waals surface area contributed by atoms with Gasteiger partial charge in [-0.05, 0) is 67.2 Å². The second-order valence-electron chi connectivity index (χ2n) is 10.6. The van der Waals surface area contributed by atoms with Gasteiger partial charge in [0.05, 0.1) is 12.3 Å². The molecule has 2 aromatic carbocycles. The Labute approximate surface area is 261 Å². The predicted octanol–water partition coefficient (Wildman–Crippen LogP) is 2.89. The first-order valence-corrected chi connectivity index (χ1v) is 16.1. The summed E-state index contributed by atoms with van der Waals surface area (Å²) in [5, 5.41) is 23.5. The molecule has 4 rings (SSSR count). The molecule has 1 atom stereocenters. The smallest absolute Gasteiger partial charge is 0.341 e. The van der Waals surface area contributed by atoms with Crippen LogP contribution in [-0.2, 0) is 29.2 Å². The minimum Gasteiger partial charge on any atom is -0.494 e. The van der Waals surface area contributed by atoms with Crippen LogP contribution >= 0.6 is 11.8 Å². The van der Waals surface area contributed by atoms with Crippen molar-refractivity contribution in [3.05, 3.63) is 71.0 Å². The molecule has 0 fully saturated rings. The van der Waals surface area contributed by atoms with Crippen molar-refractivity contribution in [3.63, 3.8) is 0 Å². The van der Waals surface area contributed by atoms with Gasteiger partial charge in [-0.3, -0.25) is 19.2 Å². The summed E-state index contributed by atoms with van der Waals surface area (Å²) < 4.78 is 13.0. The average molecular weight is 625 g/mol. The first-order valence-electron chi connectivity index (χ1n) is 14.7. The summed E-state index contributed by atoms with van der Waals surface area (Å²) in [5.41, 5.74) is 3.14. The van der Waals surface area contributed by atoms with Crippen LogP contribution in [0.1, 0.15) is 46.4 Å². The van der Waals surface area contributed by atoms with Crippen molar-refractivity contribution in [2.24, 2.45) is 0 Å². The van der Waals surface area contributed by atoms with Gasteiger partial charge < -0.3 is 25.2 Å². The molecule has 2 amide bonds. The SMILES string of the molecule is CSCC[C@@H]1NC(=O)c2cc(ccc2C)OCCCn2cc(nn2)CN(Cc2ccc(OCC(=O)O)cc2)CCCNC1=O. The number of aliphatic carboxylic acids is 1. The molecule has 0 unspecified atom stereocenters. The van der Waals surface area contributed by atoms with Gasteiger partial charge in [-0.2, -0.15) is 11.8 Å². The topological polar surface area (TPSA) is 148 Å². The molecule has 2 heterocycles. The lowest BCUT2D eigenvalue weighted by molar-refractivity contribution is -0.139. The van der Waals surface area contributed by atoms with Crippen LogP contribution in [0.5, 0.6) is 11.5 Å². The van der Waals surface area contributed by atoms with E-state index in [2.05, 4.69) is 25.8 Å². The fourth-order valence-electron chi connectivity index (χ4n) is 4.79.